The molecule has 2 rings (SSSR count). The van der Waals surface area contributed by atoms with Crippen molar-refractivity contribution in [1.82, 2.24) is 15.2 Å². The summed E-state index contributed by atoms with van der Waals surface area (Å²) in [6, 6.07) is 0. The molecule has 2 heterocycles. The van der Waals surface area contributed by atoms with Crippen molar-refractivity contribution in [2.45, 2.75) is 19.4 Å². The molecule has 1 aliphatic heterocycles. The lowest BCUT2D eigenvalue weighted by molar-refractivity contribution is 0.0967. The minimum atomic E-state index is -0.206. The van der Waals surface area contributed by atoms with E-state index in [1.807, 2.05) is 11.8 Å². The number of hydrogen-bond donors (Lipinski definition) is 3. The monoisotopic (exact) mass is 197 g/mol. The van der Waals surface area contributed by atoms with Crippen molar-refractivity contribution >= 4 is 11.9 Å². The molecular formula is C8H15N5O. The van der Waals surface area contributed by atoms with Gasteiger partial charge in [-0.05, 0) is 12.3 Å². The molecule has 0 amide bonds. The highest BCUT2D eigenvalue weighted by Crippen LogP contribution is 2.20. The first-order valence-electron chi connectivity index (χ1n) is 4.77. The van der Waals surface area contributed by atoms with Crippen LogP contribution >= 0.6 is 0 Å². The average Bonchev–Trinajstić information content (AvgIpc) is 2.57. The largest absolute Gasteiger partial charge is 0.393 e. The van der Waals surface area contributed by atoms with E-state index in [4.69, 9.17) is 5.73 Å². The van der Waals surface area contributed by atoms with Crippen LogP contribution in [0.4, 0.5) is 11.9 Å². The second-order valence-corrected chi connectivity index (χ2v) is 3.80. The van der Waals surface area contributed by atoms with Gasteiger partial charge in [0.05, 0.1) is 6.10 Å². The van der Waals surface area contributed by atoms with Gasteiger partial charge < -0.3 is 15.7 Å². The average molecular weight is 197 g/mol. The summed E-state index contributed by atoms with van der Waals surface area (Å²) in [6.07, 6.45) is 0.554. The van der Waals surface area contributed by atoms with E-state index in [1.54, 1.807) is 0 Å². The quantitative estimate of drug-likeness (QED) is 0.569. The molecule has 2 unspecified atom stereocenters. The molecule has 2 atom stereocenters. The van der Waals surface area contributed by atoms with Crippen LogP contribution in [-0.2, 0) is 0 Å². The normalized spacial score (nSPS) is 28.0. The zero-order chi connectivity index (χ0) is 10.1. The number of aliphatic hydroxyl groups excluding tert-OH is 1. The molecule has 0 spiro atoms. The first-order valence-corrected chi connectivity index (χ1v) is 4.77. The van der Waals surface area contributed by atoms with E-state index in [2.05, 4.69) is 15.2 Å². The minimum Gasteiger partial charge on any atom is -0.393 e. The number of anilines is 2. The Kier molecular flexibility index (Phi) is 2.28. The highest BCUT2D eigenvalue weighted by atomic mass is 16.3. The maximum atomic E-state index is 9.55. The highest BCUT2D eigenvalue weighted by molar-refractivity contribution is 5.34. The number of nitrogen functional groups attached to an aromatic ring is 1. The third-order valence-corrected chi connectivity index (χ3v) is 2.63. The molecule has 4 N–H and O–H groups in total. The van der Waals surface area contributed by atoms with Crippen molar-refractivity contribution in [2.75, 3.05) is 23.7 Å². The fourth-order valence-corrected chi connectivity index (χ4v) is 1.72. The second-order valence-electron chi connectivity index (χ2n) is 3.80. The molecule has 78 valence electrons. The first kappa shape index (κ1) is 9.26. The summed E-state index contributed by atoms with van der Waals surface area (Å²) in [7, 11) is 0. The molecule has 1 aromatic rings. The number of piperidine rings is 1. The van der Waals surface area contributed by atoms with E-state index in [9.17, 15) is 5.11 Å². The van der Waals surface area contributed by atoms with Crippen LogP contribution in [0, 0.1) is 5.92 Å². The summed E-state index contributed by atoms with van der Waals surface area (Å²) in [5.74, 6) is 1.21. The third-order valence-electron chi connectivity index (χ3n) is 2.63. The predicted octanol–water partition coefficient (Wildman–Crippen LogP) is -0.406. The summed E-state index contributed by atoms with van der Waals surface area (Å²) >= 11 is 0. The van der Waals surface area contributed by atoms with E-state index in [1.165, 1.54) is 0 Å². The fourth-order valence-electron chi connectivity index (χ4n) is 1.72. The Balaban J connectivity index is 2.06. The standard InChI is InChI=1S/C8H15N5O/c1-5-4-13(3-2-6(5)14)8-10-7(9)11-12-8/h5-6,14H,2-4H2,1H3,(H3,9,10,11,12). The van der Waals surface area contributed by atoms with Crippen LogP contribution in [0.1, 0.15) is 13.3 Å². The molecule has 1 aliphatic rings. The third kappa shape index (κ3) is 1.65. The molecule has 1 fully saturated rings. The van der Waals surface area contributed by atoms with E-state index in [0.29, 0.717) is 11.9 Å². The summed E-state index contributed by atoms with van der Waals surface area (Å²) in [5, 5.41) is 16.1. The Morgan fingerprint density at radius 1 is 1.64 bits per heavy atom. The lowest BCUT2D eigenvalue weighted by Crippen LogP contribution is -2.42. The van der Waals surface area contributed by atoms with E-state index >= 15 is 0 Å². The lowest BCUT2D eigenvalue weighted by atomic mass is 9.97. The van der Waals surface area contributed by atoms with Gasteiger partial charge in [0.25, 0.3) is 0 Å². The number of nitrogens with zero attached hydrogens (tertiary/aromatic N) is 3. The summed E-state index contributed by atoms with van der Waals surface area (Å²) < 4.78 is 0. The van der Waals surface area contributed by atoms with Gasteiger partial charge in [0.1, 0.15) is 0 Å². The Bertz CT molecular complexity index is 312. The number of H-pyrrole nitrogens is 1. The van der Waals surface area contributed by atoms with Crippen molar-refractivity contribution in [3.8, 4) is 0 Å². The predicted molar refractivity (Wildman–Crippen MR) is 52.8 cm³/mol. The molecule has 0 aromatic carbocycles. The van der Waals surface area contributed by atoms with Crippen molar-refractivity contribution in [3.63, 3.8) is 0 Å². The number of aromatic amines is 1. The van der Waals surface area contributed by atoms with Gasteiger partial charge in [-0.15, -0.1) is 5.10 Å². The van der Waals surface area contributed by atoms with Gasteiger partial charge in [-0.3, -0.25) is 0 Å². The van der Waals surface area contributed by atoms with Crippen LogP contribution in [0.2, 0.25) is 0 Å². The Hall–Kier alpha value is -1.30. The van der Waals surface area contributed by atoms with E-state index < -0.39 is 0 Å². The molecule has 14 heavy (non-hydrogen) atoms. The molecule has 6 nitrogen and oxygen atoms in total. The molecule has 0 aliphatic carbocycles. The second kappa shape index (κ2) is 3.45. The van der Waals surface area contributed by atoms with Crippen molar-refractivity contribution < 1.29 is 5.11 Å². The van der Waals surface area contributed by atoms with Gasteiger partial charge in [0.15, 0.2) is 0 Å². The Morgan fingerprint density at radius 2 is 2.43 bits per heavy atom. The highest BCUT2D eigenvalue weighted by Gasteiger charge is 2.25. The number of rotatable bonds is 1. The maximum Gasteiger partial charge on any atom is 0.246 e. The molecule has 1 aromatic heterocycles. The van der Waals surface area contributed by atoms with Gasteiger partial charge in [0.2, 0.25) is 11.9 Å². The summed E-state index contributed by atoms with van der Waals surface area (Å²) in [4.78, 5) is 6.08. The van der Waals surface area contributed by atoms with Crippen molar-refractivity contribution in [1.29, 1.82) is 0 Å². The van der Waals surface area contributed by atoms with Crippen LogP contribution in [0.25, 0.3) is 0 Å². The smallest absolute Gasteiger partial charge is 0.246 e. The summed E-state index contributed by atoms with van der Waals surface area (Å²) in [5.41, 5.74) is 5.44. The topological polar surface area (TPSA) is 91.1 Å². The molecule has 0 saturated carbocycles. The van der Waals surface area contributed by atoms with Gasteiger partial charge in [0, 0.05) is 13.1 Å². The van der Waals surface area contributed by atoms with Gasteiger partial charge >= 0.3 is 0 Å². The Morgan fingerprint density at radius 3 is 3.00 bits per heavy atom. The van der Waals surface area contributed by atoms with E-state index in [-0.39, 0.29) is 12.0 Å². The van der Waals surface area contributed by atoms with Gasteiger partial charge in [-0.2, -0.15) is 4.98 Å². The number of aromatic nitrogens is 3. The van der Waals surface area contributed by atoms with Crippen LogP contribution in [-0.4, -0.2) is 39.5 Å². The van der Waals surface area contributed by atoms with Gasteiger partial charge in [-0.1, -0.05) is 6.92 Å². The van der Waals surface area contributed by atoms with Crippen molar-refractivity contribution in [2.24, 2.45) is 5.92 Å². The summed E-state index contributed by atoms with van der Waals surface area (Å²) in [6.45, 7) is 3.58. The molecule has 0 radical (unpaired) electrons. The SMILES string of the molecule is CC1CN(c2n[nH]c(N)n2)CCC1O. The minimum absolute atomic E-state index is 0.206. The van der Waals surface area contributed by atoms with E-state index in [0.717, 1.165) is 19.5 Å². The zero-order valence-corrected chi connectivity index (χ0v) is 8.14. The number of hydrogen-bond acceptors (Lipinski definition) is 5. The molecule has 0 bridgehead atoms. The Labute approximate surface area is 82.1 Å². The van der Waals surface area contributed by atoms with Crippen LogP contribution in [0.3, 0.4) is 0 Å². The van der Waals surface area contributed by atoms with Crippen LogP contribution < -0.4 is 10.6 Å². The van der Waals surface area contributed by atoms with Crippen LogP contribution in [0.15, 0.2) is 0 Å². The first-order chi connectivity index (χ1) is 6.66. The molecule has 6 heteroatoms. The fraction of sp³-hybridized carbons (Fsp3) is 0.750. The maximum absolute atomic E-state index is 9.55. The molecule has 1 saturated heterocycles. The lowest BCUT2D eigenvalue weighted by Gasteiger charge is -2.33. The van der Waals surface area contributed by atoms with Crippen molar-refractivity contribution in [3.05, 3.63) is 0 Å². The number of nitrogens with one attached hydrogen (secondary N) is 1. The zero-order valence-electron chi connectivity index (χ0n) is 8.14. The van der Waals surface area contributed by atoms with Gasteiger partial charge in [-0.25, -0.2) is 5.10 Å². The molecular weight excluding hydrogens is 182 g/mol. The number of nitrogens with two attached hydrogens (primary N) is 1. The number of aliphatic hydroxyl groups is 1. The van der Waals surface area contributed by atoms with Crippen LogP contribution in [0.5, 0.6) is 0 Å².